The summed E-state index contributed by atoms with van der Waals surface area (Å²) in [6.07, 6.45) is 2.49. The lowest BCUT2D eigenvalue weighted by Gasteiger charge is -2.31. The molecule has 0 saturated carbocycles. The number of likely N-dealkylation sites (tertiary alicyclic amines) is 1. The van der Waals surface area contributed by atoms with Crippen molar-refractivity contribution in [2.24, 2.45) is 0 Å². The molecule has 1 fully saturated rings. The summed E-state index contributed by atoms with van der Waals surface area (Å²) in [7, 11) is -3.20. The Morgan fingerprint density at radius 3 is 2.62 bits per heavy atom. The SMILES string of the molecule is CS(=O)(=O)NC1CCN(CC(=O)Nc2ccc(C#N)c(Cl)c2)CC1. The summed E-state index contributed by atoms with van der Waals surface area (Å²) < 4.78 is 25.0. The van der Waals surface area contributed by atoms with Crippen LogP contribution in [0.3, 0.4) is 0 Å². The quantitative estimate of drug-likeness (QED) is 0.809. The zero-order valence-corrected chi connectivity index (χ0v) is 14.8. The Labute approximate surface area is 146 Å². The van der Waals surface area contributed by atoms with Gasteiger partial charge in [-0.25, -0.2) is 13.1 Å². The summed E-state index contributed by atoms with van der Waals surface area (Å²) in [6.45, 7) is 1.52. The average Bonchev–Trinajstić information content (AvgIpc) is 2.48. The fraction of sp³-hybridized carbons (Fsp3) is 0.467. The lowest BCUT2D eigenvalue weighted by atomic mass is 10.1. The molecule has 1 aromatic rings. The number of piperidine rings is 1. The number of amides is 1. The number of anilines is 1. The Hall–Kier alpha value is -1.66. The van der Waals surface area contributed by atoms with Crippen LogP contribution in [0.15, 0.2) is 18.2 Å². The Bertz CT molecular complexity index is 752. The fourth-order valence-corrected chi connectivity index (χ4v) is 3.66. The highest BCUT2D eigenvalue weighted by molar-refractivity contribution is 7.88. The molecule has 1 amide bonds. The number of carbonyl (C=O) groups excluding carboxylic acids is 1. The van der Waals surface area contributed by atoms with Gasteiger partial charge in [-0.15, -0.1) is 0 Å². The van der Waals surface area contributed by atoms with E-state index in [1.165, 1.54) is 0 Å². The predicted molar refractivity (Wildman–Crippen MR) is 92.2 cm³/mol. The summed E-state index contributed by atoms with van der Waals surface area (Å²) in [4.78, 5) is 14.1. The van der Waals surface area contributed by atoms with Crippen LogP contribution in [-0.2, 0) is 14.8 Å². The molecule has 24 heavy (non-hydrogen) atoms. The standard InChI is InChI=1S/C15H19ClN4O3S/c1-24(22,23)19-12-4-6-20(7-5-12)10-15(21)18-13-3-2-11(9-17)14(16)8-13/h2-3,8,12,19H,4-7,10H2,1H3,(H,18,21). The molecular weight excluding hydrogens is 352 g/mol. The summed E-state index contributed by atoms with van der Waals surface area (Å²) in [5, 5.41) is 11.9. The van der Waals surface area contributed by atoms with Crippen molar-refractivity contribution in [1.29, 1.82) is 5.26 Å². The van der Waals surface area contributed by atoms with Crippen LogP contribution in [0.5, 0.6) is 0 Å². The van der Waals surface area contributed by atoms with Crippen molar-refractivity contribution in [2.45, 2.75) is 18.9 Å². The Kier molecular flexibility index (Phi) is 6.18. The average molecular weight is 371 g/mol. The van der Waals surface area contributed by atoms with E-state index in [1.54, 1.807) is 18.2 Å². The molecule has 9 heteroatoms. The van der Waals surface area contributed by atoms with Gasteiger partial charge in [-0.3, -0.25) is 9.69 Å². The van der Waals surface area contributed by atoms with Gasteiger partial charge in [0.25, 0.3) is 0 Å². The Morgan fingerprint density at radius 2 is 2.08 bits per heavy atom. The van der Waals surface area contributed by atoms with Crippen molar-refractivity contribution in [3.63, 3.8) is 0 Å². The molecule has 0 bridgehead atoms. The van der Waals surface area contributed by atoms with Gasteiger partial charge in [-0.2, -0.15) is 5.26 Å². The number of sulfonamides is 1. The van der Waals surface area contributed by atoms with Crippen LogP contribution in [0.25, 0.3) is 0 Å². The summed E-state index contributed by atoms with van der Waals surface area (Å²) >= 11 is 5.93. The second-order valence-corrected chi connectivity index (χ2v) is 7.98. The van der Waals surface area contributed by atoms with Crippen LogP contribution < -0.4 is 10.0 Å². The van der Waals surface area contributed by atoms with Gasteiger partial charge in [0.1, 0.15) is 6.07 Å². The van der Waals surface area contributed by atoms with Gasteiger partial charge in [-0.05, 0) is 31.0 Å². The third-order valence-electron chi connectivity index (χ3n) is 3.71. The van der Waals surface area contributed by atoms with Crippen molar-refractivity contribution in [2.75, 3.05) is 31.2 Å². The Balaban J connectivity index is 1.82. The van der Waals surface area contributed by atoms with E-state index in [-0.39, 0.29) is 18.5 Å². The van der Waals surface area contributed by atoms with Crippen molar-refractivity contribution >= 4 is 33.2 Å². The number of nitrogens with one attached hydrogen (secondary N) is 2. The number of benzene rings is 1. The maximum atomic E-state index is 12.1. The molecule has 2 N–H and O–H groups in total. The van der Waals surface area contributed by atoms with Gasteiger partial charge >= 0.3 is 0 Å². The summed E-state index contributed by atoms with van der Waals surface area (Å²) in [5.74, 6) is -0.176. The van der Waals surface area contributed by atoms with Gasteiger partial charge < -0.3 is 5.32 Å². The first-order valence-electron chi connectivity index (χ1n) is 7.46. The van der Waals surface area contributed by atoms with E-state index in [0.717, 1.165) is 6.26 Å². The van der Waals surface area contributed by atoms with Crippen LogP contribution in [0.1, 0.15) is 18.4 Å². The lowest BCUT2D eigenvalue weighted by Crippen LogP contribution is -2.46. The van der Waals surface area contributed by atoms with Crippen LogP contribution in [-0.4, -0.2) is 51.2 Å². The third kappa shape index (κ3) is 5.76. The Morgan fingerprint density at radius 1 is 1.42 bits per heavy atom. The zero-order chi connectivity index (χ0) is 17.7. The third-order valence-corrected chi connectivity index (χ3v) is 4.78. The molecular formula is C15H19ClN4O3S. The van der Waals surface area contributed by atoms with Crippen LogP contribution in [0, 0.1) is 11.3 Å². The lowest BCUT2D eigenvalue weighted by molar-refractivity contribution is -0.117. The molecule has 1 saturated heterocycles. The monoisotopic (exact) mass is 370 g/mol. The minimum atomic E-state index is -3.20. The molecule has 2 rings (SSSR count). The molecule has 0 aromatic heterocycles. The van der Waals surface area contributed by atoms with Gasteiger partial charge in [0.05, 0.1) is 23.4 Å². The highest BCUT2D eigenvalue weighted by atomic mass is 35.5. The van der Waals surface area contributed by atoms with Crippen molar-refractivity contribution < 1.29 is 13.2 Å². The van der Waals surface area contributed by atoms with E-state index < -0.39 is 10.0 Å². The minimum Gasteiger partial charge on any atom is -0.325 e. The maximum Gasteiger partial charge on any atom is 0.238 e. The van der Waals surface area contributed by atoms with Crippen molar-refractivity contribution in [3.05, 3.63) is 28.8 Å². The van der Waals surface area contributed by atoms with E-state index in [4.69, 9.17) is 16.9 Å². The highest BCUT2D eigenvalue weighted by Crippen LogP contribution is 2.20. The molecule has 0 radical (unpaired) electrons. The van der Waals surface area contributed by atoms with Gasteiger partial charge in [-0.1, -0.05) is 11.6 Å². The first-order chi connectivity index (χ1) is 11.3. The molecule has 0 spiro atoms. The molecule has 130 valence electrons. The molecule has 1 aliphatic rings. The number of carbonyl (C=O) groups is 1. The number of hydrogen-bond donors (Lipinski definition) is 2. The van der Waals surface area contributed by atoms with Crippen LogP contribution in [0.2, 0.25) is 5.02 Å². The van der Waals surface area contributed by atoms with E-state index in [9.17, 15) is 13.2 Å². The number of halogens is 1. The van der Waals surface area contributed by atoms with Crippen LogP contribution >= 0.6 is 11.6 Å². The zero-order valence-electron chi connectivity index (χ0n) is 13.3. The second-order valence-electron chi connectivity index (χ2n) is 5.80. The number of nitriles is 1. The molecule has 1 aliphatic heterocycles. The fourth-order valence-electron chi connectivity index (χ4n) is 2.60. The maximum absolute atomic E-state index is 12.1. The largest absolute Gasteiger partial charge is 0.325 e. The highest BCUT2D eigenvalue weighted by Gasteiger charge is 2.22. The van der Waals surface area contributed by atoms with Gasteiger partial charge in [0, 0.05) is 24.8 Å². The minimum absolute atomic E-state index is 0.0726. The number of nitrogens with zero attached hydrogens (tertiary/aromatic N) is 2. The first-order valence-corrected chi connectivity index (χ1v) is 9.73. The molecule has 0 atom stereocenters. The summed E-state index contributed by atoms with van der Waals surface area (Å²) in [5.41, 5.74) is 0.896. The predicted octanol–water partition coefficient (Wildman–Crippen LogP) is 1.16. The molecule has 0 unspecified atom stereocenters. The first kappa shape index (κ1) is 18.7. The number of hydrogen-bond acceptors (Lipinski definition) is 5. The molecule has 1 aromatic carbocycles. The van der Waals surface area contributed by atoms with E-state index in [1.807, 2.05) is 11.0 Å². The topological polar surface area (TPSA) is 102 Å². The molecule has 7 nitrogen and oxygen atoms in total. The van der Waals surface area contributed by atoms with Gasteiger partial charge in [0.15, 0.2) is 0 Å². The van der Waals surface area contributed by atoms with Crippen molar-refractivity contribution in [3.8, 4) is 6.07 Å². The van der Waals surface area contributed by atoms with Gasteiger partial charge in [0.2, 0.25) is 15.9 Å². The number of rotatable bonds is 5. The van der Waals surface area contributed by atoms with E-state index in [0.29, 0.717) is 42.2 Å². The van der Waals surface area contributed by atoms with E-state index >= 15 is 0 Å². The normalized spacial score (nSPS) is 16.5. The smallest absolute Gasteiger partial charge is 0.238 e. The molecule has 0 aliphatic carbocycles. The second kappa shape index (κ2) is 7.94. The van der Waals surface area contributed by atoms with Crippen LogP contribution in [0.4, 0.5) is 5.69 Å². The summed E-state index contributed by atoms with van der Waals surface area (Å²) in [6, 6.07) is 6.61. The molecule has 1 heterocycles. The van der Waals surface area contributed by atoms with E-state index in [2.05, 4.69) is 10.0 Å². The van der Waals surface area contributed by atoms with Crippen molar-refractivity contribution in [1.82, 2.24) is 9.62 Å².